The van der Waals surface area contributed by atoms with Crippen LogP contribution >= 0.6 is 0 Å². The normalized spacial score (nSPS) is 20.9. The van der Waals surface area contributed by atoms with Crippen molar-refractivity contribution < 1.29 is 10.2 Å². The molecule has 1 atom stereocenters. The molecule has 2 rings (SSSR count). The SMILES string of the molecule is N[C@@H]1CCc2c1ccc(O)c2O. The molecule has 0 bridgehead atoms. The van der Waals surface area contributed by atoms with Crippen molar-refractivity contribution >= 4 is 0 Å². The highest BCUT2D eigenvalue weighted by molar-refractivity contribution is 5.51. The van der Waals surface area contributed by atoms with Crippen LogP contribution in [0.4, 0.5) is 0 Å². The molecule has 1 aliphatic rings. The van der Waals surface area contributed by atoms with Gasteiger partial charge in [0.2, 0.25) is 0 Å². The molecule has 0 unspecified atom stereocenters. The molecular formula is C9H11NO2. The number of nitrogens with two attached hydrogens (primary N) is 1. The fourth-order valence-corrected chi connectivity index (χ4v) is 1.71. The van der Waals surface area contributed by atoms with Crippen LogP contribution < -0.4 is 5.73 Å². The Kier molecular flexibility index (Phi) is 1.48. The molecule has 0 spiro atoms. The zero-order valence-electron chi connectivity index (χ0n) is 6.62. The molecule has 3 nitrogen and oxygen atoms in total. The van der Waals surface area contributed by atoms with Crippen LogP contribution in [0.5, 0.6) is 11.5 Å². The van der Waals surface area contributed by atoms with E-state index in [2.05, 4.69) is 0 Å². The highest BCUT2D eigenvalue weighted by Crippen LogP contribution is 2.39. The van der Waals surface area contributed by atoms with Crippen LogP contribution in [0.1, 0.15) is 23.6 Å². The molecule has 0 saturated carbocycles. The van der Waals surface area contributed by atoms with E-state index in [1.165, 1.54) is 6.07 Å². The first-order chi connectivity index (χ1) is 5.70. The Morgan fingerprint density at radius 2 is 2.08 bits per heavy atom. The minimum absolute atomic E-state index is 0.000417. The predicted octanol–water partition coefficient (Wildman–Crippen LogP) is 1.04. The number of fused-ring (bicyclic) bond motifs is 1. The molecular weight excluding hydrogens is 154 g/mol. The molecule has 1 aromatic rings. The zero-order valence-corrected chi connectivity index (χ0v) is 6.62. The maximum absolute atomic E-state index is 9.43. The summed E-state index contributed by atoms with van der Waals surface area (Å²) in [6.07, 6.45) is 1.61. The lowest BCUT2D eigenvalue weighted by atomic mass is 10.1. The lowest BCUT2D eigenvalue weighted by Gasteiger charge is -2.06. The number of benzene rings is 1. The van der Waals surface area contributed by atoms with Crippen LogP contribution in [0, 0.1) is 0 Å². The van der Waals surface area contributed by atoms with Gasteiger partial charge in [-0.05, 0) is 24.5 Å². The second-order valence-electron chi connectivity index (χ2n) is 3.15. The van der Waals surface area contributed by atoms with E-state index in [0.29, 0.717) is 0 Å². The van der Waals surface area contributed by atoms with Crippen LogP contribution in [-0.2, 0) is 6.42 Å². The molecule has 64 valence electrons. The summed E-state index contributed by atoms with van der Waals surface area (Å²) in [5.41, 5.74) is 7.54. The van der Waals surface area contributed by atoms with Gasteiger partial charge in [0.15, 0.2) is 11.5 Å². The molecule has 12 heavy (non-hydrogen) atoms. The van der Waals surface area contributed by atoms with E-state index in [9.17, 15) is 10.2 Å². The summed E-state index contributed by atoms with van der Waals surface area (Å²) < 4.78 is 0. The third kappa shape index (κ3) is 0.865. The van der Waals surface area contributed by atoms with Crippen molar-refractivity contribution in [1.29, 1.82) is 0 Å². The van der Waals surface area contributed by atoms with E-state index in [1.807, 2.05) is 0 Å². The monoisotopic (exact) mass is 165 g/mol. The van der Waals surface area contributed by atoms with Crippen LogP contribution in [0.2, 0.25) is 0 Å². The molecule has 0 amide bonds. The Bertz CT molecular complexity index is 323. The summed E-state index contributed by atoms with van der Waals surface area (Å²) in [4.78, 5) is 0. The van der Waals surface area contributed by atoms with Gasteiger partial charge in [0, 0.05) is 11.6 Å². The second kappa shape index (κ2) is 2.38. The summed E-state index contributed by atoms with van der Waals surface area (Å²) in [5, 5.41) is 18.6. The van der Waals surface area contributed by atoms with Gasteiger partial charge >= 0.3 is 0 Å². The van der Waals surface area contributed by atoms with Gasteiger partial charge < -0.3 is 15.9 Å². The Morgan fingerprint density at radius 3 is 2.83 bits per heavy atom. The first-order valence-electron chi connectivity index (χ1n) is 3.99. The molecule has 4 N–H and O–H groups in total. The van der Waals surface area contributed by atoms with Crippen molar-refractivity contribution in [3.05, 3.63) is 23.3 Å². The van der Waals surface area contributed by atoms with Crippen LogP contribution in [0.15, 0.2) is 12.1 Å². The lowest BCUT2D eigenvalue weighted by Crippen LogP contribution is -2.04. The second-order valence-corrected chi connectivity index (χ2v) is 3.15. The molecule has 1 aliphatic carbocycles. The highest BCUT2D eigenvalue weighted by Gasteiger charge is 2.23. The Labute approximate surface area is 70.4 Å². The third-order valence-corrected chi connectivity index (χ3v) is 2.40. The van der Waals surface area contributed by atoms with Crippen LogP contribution in [0.25, 0.3) is 0 Å². The smallest absolute Gasteiger partial charge is 0.161 e. The average molecular weight is 165 g/mol. The quantitative estimate of drug-likeness (QED) is 0.503. The zero-order chi connectivity index (χ0) is 8.72. The standard InChI is InChI=1S/C9H11NO2/c10-7-3-1-6-5(7)2-4-8(11)9(6)12/h2,4,7,11-12H,1,3,10H2/t7-/m1/s1. The minimum atomic E-state index is -0.0529. The van der Waals surface area contributed by atoms with E-state index in [4.69, 9.17) is 5.73 Å². The predicted molar refractivity (Wildman–Crippen MR) is 45.0 cm³/mol. The number of hydrogen-bond donors (Lipinski definition) is 3. The Morgan fingerprint density at radius 1 is 1.33 bits per heavy atom. The number of phenols is 2. The molecule has 0 saturated heterocycles. The van der Waals surface area contributed by atoms with Crippen molar-refractivity contribution in [2.75, 3.05) is 0 Å². The molecule has 3 heteroatoms. The van der Waals surface area contributed by atoms with Gasteiger partial charge in [-0.3, -0.25) is 0 Å². The average Bonchev–Trinajstić information content (AvgIpc) is 2.41. The lowest BCUT2D eigenvalue weighted by molar-refractivity contribution is 0.400. The summed E-state index contributed by atoms with van der Waals surface area (Å²) in [7, 11) is 0. The summed E-state index contributed by atoms with van der Waals surface area (Å²) in [6.45, 7) is 0. The number of phenolic OH excluding ortho intramolecular Hbond substituents is 2. The van der Waals surface area contributed by atoms with Crippen molar-refractivity contribution in [2.45, 2.75) is 18.9 Å². The topological polar surface area (TPSA) is 66.5 Å². The first kappa shape index (κ1) is 7.43. The fraction of sp³-hybridized carbons (Fsp3) is 0.333. The van der Waals surface area contributed by atoms with Gasteiger partial charge in [0.25, 0.3) is 0 Å². The van der Waals surface area contributed by atoms with Crippen molar-refractivity contribution in [3.8, 4) is 11.5 Å². The number of aromatic hydroxyl groups is 2. The largest absolute Gasteiger partial charge is 0.504 e. The van der Waals surface area contributed by atoms with Gasteiger partial charge in [-0.25, -0.2) is 0 Å². The van der Waals surface area contributed by atoms with Crippen molar-refractivity contribution in [2.24, 2.45) is 5.73 Å². The van der Waals surface area contributed by atoms with Crippen molar-refractivity contribution in [3.63, 3.8) is 0 Å². The Balaban J connectivity index is 2.60. The maximum Gasteiger partial charge on any atom is 0.161 e. The van der Waals surface area contributed by atoms with Gasteiger partial charge in [-0.2, -0.15) is 0 Å². The van der Waals surface area contributed by atoms with E-state index in [0.717, 1.165) is 24.0 Å². The highest BCUT2D eigenvalue weighted by atomic mass is 16.3. The van der Waals surface area contributed by atoms with Crippen LogP contribution in [-0.4, -0.2) is 10.2 Å². The summed E-state index contributed by atoms with van der Waals surface area (Å²) >= 11 is 0. The molecule has 1 aromatic carbocycles. The molecule has 0 aromatic heterocycles. The van der Waals surface area contributed by atoms with Gasteiger partial charge in [0.1, 0.15) is 0 Å². The summed E-state index contributed by atoms with van der Waals surface area (Å²) in [6, 6.07) is 3.29. The van der Waals surface area contributed by atoms with Gasteiger partial charge in [-0.1, -0.05) is 6.07 Å². The molecule has 0 fully saturated rings. The molecule has 0 aliphatic heterocycles. The minimum Gasteiger partial charge on any atom is -0.504 e. The first-order valence-corrected chi connectivity index (χ1v) is 3.99. The maximum atomic E-state index is 9.43. The van der Waals surface area contributed by atoms with E-state index in [1.54, 1.807) is 6.07 Å². The third-order valence-electron chi connectivity index (χ3n) is 2.40. The molecule has 0 radical (unpaired) electrons. The van der Waals surface area contributed by atoms with Crippen molar-refractivity contribution in [1.82, 2.24) is 0 Å². The Hall–Kier alpha value is -1.22. The van der Waals surface area contributed by atoms with Gasteiger partial charge in [0.05, 0.1) is 0 Å². The summed E-state index contributed by atoms with van der Waals surface area (Å²) in [5.74, 6) is -0.0525. The van der Waals surface area contributed by atoms with E-state index in [-0.39, 0.29) is 17.5 Å². The van der Waals surface area contributed by atoms with E-state index >= 15 is 0 Å². The fourth-order valence-electron chi connectivity index (χ4n) is 1.71. The van der Waals surface area contributed by atoms with E-state index < -0.39 is 0 Å². The number of hydrogen-bond acceptors (Lipinski definition) is 3. The van der Waals surface area contributed by atoms with Crippen LogP contribution in [0.3, 0.4) is 0 Å². The molecule has 0 heterocycles. The van der Waals surface area contributed by atoms with Gasteiger partial charge in [-0.15, -0.1) is 0 Å². The number of rotatable bonds is 0.